The summed E-state index contributed by atoms with van der Waals surface area (Å²) >= 11 is 5.92. The number of aliphatic hydroxyl groups excluding tert-OH is 1. The minimum absolute atomic E-state index is 0.203. The number of halogens is 1. The summed E-state index contributed by atoms with van der Waals surface area (Å²) in [5.41, 5.74) is 1.34. The van der Waals surface area contributed by atoms with Crippen LogP contribution in [0.1, 0.15) is 18.9 Å². The highest BCUT2D eigenvalue weighted by atomic mass is 35.5. The van der Waals surface area contributed by atoms with Crippen LogP contribution in [-0.2, 0) is 9.59 Å². The van der Waals surface area contributed by atoms with Gasteiger partial charge in [-0.25, -0.2) is 0 Å². The van der Waals surface area contributed by atoms with E-state index in [0.29, 0.717) is 17.1 Å². The third-order valence-corrected chi connectivity index (χ3v) is 3.09. The van der Waals surface area contributed by atoms with Gasteiger partial charge in [0.15, 0.2) is 0 Å². The van der Waals surface area contributed by atoms with E-state index in [2.05, 4.69) is 10.6 Å². The number of aliphatic hydroxyl groups is 1. The molecular formula is C13H17ClN2O3. The number of nitrogens with one attached hydrogen (secondary N) is 2. The third kappa shape index (κ3) is 4.54. The van der Waals surface area contributed by atoms with E-state index in [0.717, 1.165) is 5.56 Å². The number of carbonyl (C=O) groups is 2. The average Bonchev–Trinajstić information content (AvgIpc) is 2.39. The number of anilines is 1. The van der Waals surface area contributed by atoms with Gasteiger partial charge in [0.25, 0.3) is 0 Å². The van der Waals surface area contributed by atoms with Gasteiger partial charge in [-0.3, -0.25) is 9.59 Å². The number of benzene rings is 1. The smallest absolute Gasteiger partial charge is 0.313 e. The minimum atomic E-state index is -0.785. The average molecular weight is 285 g/mol. The van der Waals surface area contributed by atoms with Crippen LogP contribution in [0.15, 0.2) is 18.2 Å². The van der Waals surface area contributed by atoms with Crippen LogP contribution < -0.4 is 10.6 Å². The number of rotatable bonds is 4. The summed E-state index contributed by atoms with van der Waals surface area (Å²) in [4.78, 5) is 23.2. The molecule has 2 amide bonds. The maximum absolute atomic E-state index is 11.6. The molecule has 19 heavy (non-hydrogen) atoms. The van der Waals surface area contributed by atoms with Crippen LogP contribution in [0.4, 0.5) is 5.69 Å². The molecule has 1 aromatic rings. The van der Waals surface area contributed by atoms with E-state index in [9.17, 15) is 9.59 Å². The first kappa shape index (κ1) is 15.5. The van der Waals surface area contributed by atoms with Crippen LogP contribution in [0.25, 0.3) is 0 Å². The molecule has 0 aliphatic carbocycles. The highest BCUT2D eigenvalue weighted by molar-refractivity contribution is 6.40. The van der Waals surface area contributed by atoms with E-state index in [4.69, 9.17) is 16.7 Å². The number of amides is 2. The highest BCUT2D eigenvalue weighted by Crippen LogP contribution is 2.19. The van der Waals surface area contributed by atoms with Crippen molar-refractivity contribution in [3.05, 3.63) is 28.8 Å². The largest absolute Gasteiger partial charge is 0.394 e. The Hall–Kier alpha value is -1.59. The number of hydrogen-bond donors (Lipinski definition) is 3. The Balaban J connectivity index is 2.63. The van der Waals surface area contributed by atoms with E-state index >= 15 is 0 Å². The van der Waals surface area contributed by atoms with Crippen molar-refractivity contribution in [2.75, 3.05) is 11.9 Å². The van der Waals surface area contributed by atoms with E-state index in [1.54, 1.807) is 25.1 Å². The van der Waals surface area contributed by atoms with Crippen molar-refractivity contribution in [3.63, 3.8) is 0 Å². The van der Waals surface area contributed by atoms with Gasteiger partial charge < -0.3 is 15.7 Å². The van der Waals surface area contributed by atoms with Gasteiger partial charge in [-0.2, -0.15) is 0 Å². The predicted octanol–water partition coefficient (Wildman–Crippen LogP) is 1.47. The second kappa shape index (κ2) is 7.11. The Morgan fingerprint density at radius 2 is 2.05 bits per heavy atom. The lowest BCUT2D eigenvalue weighted by Gasteiger charge is -2.13. The molecule has 0 saturated carbocycles. The van der Waals surface area contributed by atoms with E-state index < -0.39 is 17.9 Å². The maximum atomic E-state index is 11.6. The van der Waals surface area contributed by atoms with Gasteiger partial charge in [0.05, 0.1) is 12.6 Å². The van der Waals surface area contributed by atoms with Crippen LogP contribution in [0.5, 0.6) is 0 Å². The normalized spacial score (nSPS) is 11.8. The zero-order valence-corrected chi connectivity index (χ0v) is 11.6. The van der Waals surface area contributed by atoms with Crippen molar-refractivity contribution in [2.24, 2.45) is 0 Å². The zero-order valence-electron chi connectivity index (χ0n) is 10.9. The molecular weight excluding hydrogens is 268 g/mol. The van der Waals surface area contributed by atoms with E-state index in [-0.39, 0.29) is 6.61 Å². The molecule has 1 aromatic carbocycles. The first-order valence-electron chi connectivity index (χ1n) is 5.96. The first-order valence-corrected chi connectivity index (χ1v) is 6.34. The summed E-state index contributed by atoms with van der Waals surface area (Å²) < 4.78 is 0. The second-order valence-corrected chi connectivity index (χ2v) is 4.59. The van der Waals surface area contributed by atoms with Crippen molar-refractivity contribution in [1.29, 1.82) is 0 Å². The van der Waals surface area contributed by atoms with Gasteiger partial charge in [-0.05, 0) is 31.0 Å². The van der Waals surface area contributed by atoms with Crippen molar-refractivity contribution >= 4 is 29.1 Å². The summed E-state index contributed by atoms with van der Waals surface area (Å²) in [6.07, 6.45) is 0.547. The Labute approximate surface area is 117 Å². The number of hydrogen-bond acceptors (Lipinski definition) is 3. The minimum Gasteiger partial charge on any atom is -0.394 e. The van der Waals surface area contributed by atoms with Crippen molar-refractivity contribution in [1.82, 2.24) is 5.32 Å². The van der Waals surface area contributed by atoms with Crippen LogP contribution in [0.2, 0.25) is 5.02 Å². The number of carbonyl (C=O) groups excluding carboxylic acids is 2. The van der Waals surface area contributed by atoms with Gasteiger partial charge in [-0.1, -0.05) is 24.6 Å². The monoisotopic (exact) mass is 284 g/mol. The molecule has 0 unspecified atom stereocenters. The van der Waals surface area contributed by atoms with Crippen LogP contribution in [-0.4, -0.2) is 29.6 Å². The Kier molecular flexibility index (Phi) is 5.79. The topological polar surface area (TPSA) is 78.4 Å². The van der Waals surface area contributed by atoms with Gasteiger partial charge in [-0.15, -0.1) is 0 Å². The molecule has 1 atom stereocenters. The molecule has 0 radical (unpaired) electrons. The maximum Gasteiger partial charge on any atom is 0.313 e. The number of aryl methyl sites for hydroxylation is 1. The Bertz CT molecular complexity index is 473. The van der Waals surface area contributed by atoms with Crippen LogP contribution in [0.3, 0.4) is 0 Å². The lowest BCUT2D eigenvalue weighted by molar-refractivity contribution is -0.136. The summed E-state index contributed by atoms with van der Waals surface area (Å²) in [5, 5.41) is 14.3. The lowest BCUT2D eigenvalue weighted by Crippen LogP contribution is -2.43. The van der Waals surface area contributed by atoms with Crippen molar-refractivity contribution < 1.29 is 14.7 Å². The molecule has 3 N–H and O–H groups in total. The fourth-order valence-electron chi connectivity index (χ4n) is 1.39. The van der Waals surface area contributed by atoms with Crippen molar-refractivity contribution in [2.45, 2.75) is 26.3 Å². The SMILES string of the molecule is CC[C@@H](CO)NC(=O)C(=O)Nc1ccc(C)c(Cl)c1. The molecule has 0 heterocycles. The summed E-state index contributed by atoms with van der Waals surface area (Å²) in [5.74, 6) is -1.57. The third-order valence-electron chi connectivity index (χ3n) is 2.68. The fourth-order valence-corrected chi connectivity index (χ4v) is 1.57. The molecule has 104 valence electrons. The molecule has 0 fully saturated rings. The van der Waals surface area contributed by atoms with E-state index in [1.807, 2.05) is 6.92 Å². The Morgan fingerprint density at radius 1 is 1.37 bits per heavy atom. The van der Waals surface area contributed by atoms with Crippen molar-refractivity contribution in [3.8, 4) is 0 Å². The van der Waals surface area contributed by atoms with Gasteiger partial charge in [0, 0.05) is 10.7 Å². The zero-order chi connectivity index (χ0) is 14.4. The molecule has 1 rings (SSSR count). The Morgan fingerprint density at radius 3 is 2.58 bits per heavy atom. The quantitative estimate of drug-likeness (QED) is 0.733. The summed E-state index contributed by atoms with van der Waals surface area (Å²) in [6.45, 7) is 3.44. The molecule has 0 aliphatic rings. The first-order chi connectivity index (χ1) is 8.97. The van der Waals surface area contributed by atoms with E-state index in [1.165, 1.54) is 0 Å². The van der Waals surface area contributed by atoms with Gasteiger partial charge in [0.2, 0.25) is 0 Å². The van der Waals surface area contributed by atoms with Gasteiger partial charge >= 0.3 is 11.8 Å². The molecule has 0 bridgehead atoms. The molecule has 0 aromatic heterocycles. The summed E-state index contributed by atoms with van der Waals surface area (Å²) in [6, 6.07) is 4.57. The highest BCUT2D eigenvalue weighted by Gasteiger charge is 2.17. The van der Waals surface area contributed by atoms with Gasteiger partial charge in [0.1, 0.15) is 0 Å². The molecule has 0 spiro atoms. The molecule has 0 saturated heterocycles. The second-order valence-electron chi connectivity index (χ2n) is 4.18. The van der Waals surface area contributed by atoms with Crippen LogP contribution >= 0.6 is 11.6 Å². The van der Waals surface area contributed by atoms with Crippen LogP contribution in [0, 0.1) is 6.92 Å². The molecule has 0 aliphatic heterocycles. The molecule has 6 heteroatoms. The summed E-state index contributed by atoms with van der Waals surface area (Å²) in [7, 11) is 0. The predicted molar refractivity (Wildman–Crippen MR) is 74.1 cm³/mol. The fraction of sp³-hybridized carbons (Fsp3) is 0.385. The standard InChI is InChI=1S/C13H17ClN2O3/c1-3-9(7-17)15-12(18)13(19)16-10-5-4-8(2)11(14)6-10/h4-6,9,17H,3,7H2,1-2H3,(H,15,18)(H,16,19)/t9-/m0/s1. The molecule has 5 nitrogen and oxygen atoms in total. The lowest BCUT2D eigenvalue weighted by atomic mass is 10.2.